The second-order valence-electron chi connectivity index (χ2n) is 3.60. The van der Waals surface area contributed by atoms with E-state index in [1.165, 1.54) is 22.8 Å². The first-order chi connectivity index (χ1) is 6.79. The lowest BCUT2D eigenvalue weighted by molar-refractivity contribution is 0.567. The van der Waals surface area contributed by atoms with Gasteiger partial charge in [-0.15, -0.1) is 23.1 Å². The Hall–Kier alpha value is 0.01000. The van der Waals surface area contributed by atoms with Crippen LogP contribution in [0.3, 0.4) is 0 Å². The van der Waals surface area contributed by atoms with Gasteiger partial charge in [0.05, 0.1) is 4.21 Å². The molecule has 0 spiro atoms. The molecular weight excluding hydrogens is 210 g/mol. The van der Waals surface area contributed by atoms with Gasteiger partial charge in [0.25, 0.3) is 0 Å². The Morgan fingerprint density at radius 3 is 2.93 bits per heavy atom. The molecule has 0 radical (unpaired) electrons. The maximum atomic E-state index is 3.43. The van der Waals surface area contributed by atoms with Crippen molar-refractivity contribution in [2.45, 2.75) is 36.9 Å². The Kier molecular flexibility index (Phi) is 6.32. The molecule has 1 aromatic heterocycles. The Labute approximate surface area is 95.3 Å². The number of thiophene rings is 1. The van der Waals surface area contributed by atoms with Crippen molar-refractivity contribution in [2.75, 3.05) is 12.3 Å². The molecule has 1 nitrogen and oxygen atoms in total. The summed E-state index contributed by atoms with van der Waals surface area (Å²) in [7, 11) is 0. The topological polar surface area (TPSA) is 12.0 Å². The number of hydrogen-bond donors (Lipinski definition) is 1. The number of rotatable bonds is 7. The zero-order valence-corrected chi connectivity index (χ0v) is 10.6. The summed E-state index contributed by atoms with van der Waals surface area (Å²) in [6.07, 6.45) is 2.60. The van der Waals surface area contributed by atoms with E-state index in [1.54, 1.807) is 0 Å². The van der Waals surface area contributed by atoms with E-state index in [9.17, 15) is 0 Å². The van der Waals surface area contributed by atoms with Crippen LogP contribution in [0.25, 0.3) is 0 Å². The molecule has 0 aliphatic heterocycles. The Morgan fingerprint density at radius 2 is 2.29 bits per heavy atom. The maximum absolute atomic E-state index is 3.43. The van der Waals surface area contributed by atoms with Crippen molar-refractivity contribution in [3.05, 3.63) is 17.5 Å². The van der Waals surface area contributed by atoms with Gasteiger partial charge in [-0.1, -0.05) is 19.9 Å². The molecule has 14 heavy (non-hydrogen) atoms. The minimum absolute atomic E-state index is 0.625. The van der Waals surface area contributed by atoms with Crippen LogP contribution < -0.4 is 5.32 Å². The molecule has 0 aromatic carbocycles. The van der Waals surface area contributed by atoms with Crippen molar-refractivity contribution in [1.29, 1.82) is 0 Å². The smallest absolute Gasteiger partial charge is 0.0598 e. The van der Waals surface area contributed by atoms with E-state index in [1.807, 2.05) is 23.1 Å². The average Bonchev–Trinajstić information content (AvgIpc) is 2.63. The highest BCUT2D eigenvalue weighted by Crippen LogP contribution is 2.23. The van der Waals surface area contributed by atoms with Crippen LogP contribution in [0, 0.1) is 0 Å². The maximum Gasteiger partial charge on any atom is 0.0598 e. The molecule has 1 rings (SSSR count). The summed E-state index contributed by atoms with van der Waals surface area (Å²) in [6.45, 7) is 5.55. The second-order valence-corrected chi connectivity index (χ2v) is 5.94. The quantitative estimate of drug-likeness (QED) is 0.566. The van der Waals surface area contributed by atoms with Crippen molar-refractivity contribution >= 4 is 23.1 Å². The van der Waals surface area contributed by atoms with Gasteiger partial charge in [0.2, 0.25) is 0 Å². The van der Waals surface area contributed by atoms with Crippen LogP contribution in [-0.2, 0) is 0 Å². The Balaban J connectivity index is 1.90. The standard InChI is InChI=1S/C11H19NS2/c1-10(2)12-7-3-4-8-13-11-6-5-9-14-11/h5-6,9-10,12H,3-4,7-8H2,1-2H3. The van der Waals surface area contributed by atoms with Crippen LogP contribution in [-0.4, -0.2) is 18.3 Å². The lowest BCUT2D eigenvalue weighted by atomic mass is 10.3. The minimum atomic E-state index is 0.625. The number of thioether (sulfide) groups is 1. The van der Waals surface area contributed by atoms with E-state index in [-0.39, 0.29) is 0 Å². The molecule has 0 saturated heterocycles. The van der Waals surface area contributed by atoms with Crippen LogP contribution in [0.15, 0.2) is 21.7 Å². The molecule has 0 amide bonds. The summed E-state index contributed by atoms with van der Waals surface area (Å²) in [6, 6.07) is 4.94. The van der Waals surface area contributed by atoms with Crippen LogP contribution in [0.2, 0.25) is 0 Å². The predicted octanol–water partition coefficient (Wildman–Crippen LogP) is 3.62. The molecule has 0 aliphatic carbocycles. The first-order valence-corrected chi connectivity index (χ1v) is 7.05. The van der Waals surface area contributed by atoms with Crippen LogP contribution >= 0.6 is 23.1 Å². The van der Waals surface area contributed by atoms with E-state index in [4.69, 9.17) is 0 Å². The van der Waals surface area contributed by atoms with Crippen molar-refractivity contribution in [2.24, 2.45) is 0 Å². The molecular formula is C11H19NS2. The van der Waals surface area contributed by atoms with E-state index < -0.39 is 0 Å². The number of hydrogen-bond acceptors (Lipinski definition) is 3. The van der Waals surface area contributed by atoms with E-state index in [2.05, 4.69) is 36.7 Å². The fraction of sp³-hybridized carbons (Fsp3) is 0.636. The molecule has 1 N–H and O–H groups in total. The highest BCUT2D eigenvalue weighted by Gasteiger charge is 1.95. The van der Waals surface area contributed by atoms with Crippen molar-refractivity contribution < 1.29 is 0 Å². The molecule has 0 bridgehead atoms. The number of nitrogens with one attached hydrogen (secondary N) is 1. The van der Waals surface area contributed by atoms with Gasteiger partial charge >= 0.3 is 0 Å². The van der Waals surface area contributed by atoms with Gasteiger partial charge in [0, 0.05) is 6.04 Å². The van der Waals surface area contributed by atoms with Crippen LogP contribution in [0.5, 0.6) is 0 Å². The molecule has 0 atom stereocenters. The molecule has 0 aliphatic rings. The van der Waals surface area contributed by atoms with Gasteiger partial charge in [-0.2, -0.15) is 0 Å². The van der Waals surface area contributed by atoms with Gasteiger partial charge < -0.3 is 5.32 Å². The Bertz CT molecular complexity index is 219. The largest absolute Gasteiger partial charge is 0.315 e. The summed E-state index contributed by atoms with van der Waals surface area (Å²) in [5.74, 6) is 1.25. The van der Waals surface area contributed by atoms with Gasteiger partial charge in [-0.3, -0.25) is 0 Å². The van der Waals surface area contributed by atoms with Gasteiger partial charge in [-0.25, -0.2) is 0 Å². The summed E-state index contributed by atoms with van der Waals surface area (Å²) in [5, 5.41) is 5.57. The van der Waals surface area contributed by atoms with Gasteiger partial charge in [0.15, 0.2) is 0 Å². The molecule has 3 heteroatoms. The first-order valence-electron chi connectivity index (χ1n) is 5.18. The fourth-order valence-corrected chi connectivity index (χ4v) is 3.00. The molecule has 0 fully saturated rings. The second kappa shape index (κ2) is 7.32. The fourth-order valence-electron chi connectivity index (χ4n) is 1.14. The zero-order valence-electron chi connectivity index (χ0n) is 8.95. The van der Waals surface area contributed by atoms with Gasteiger partial charge in [-0.05, 0) is 36.6 Å². The van der Waals surface area contributed by atoms with Crippen molar-refractivity contribution in [3.8, 4) is 0 Å². The highest BCUT2D eigenvalue weighted by molar-refractivity contribution is 8.01. The Morgan fingerprint density at radius 1 is 1.43 bits per heavy atom. The molecule has 1 heterocycles. The molecule has 0 saturated carbocycles. The molecule has 0 unspecified atom stereocenters. The highest BCUT2D eigenvalue weighted by atomic mass is 32.2. The van der Waals surface area contributed by atoms with E-state index in [0.29, 0.717) is 6.04 Å². The van der Waals surface area contributed by atoms with Gasteiger partial charge in [0.1, 0.15) is 0 Å². The normalized spacial score (nSPS) is 11.1. The summed E-state index contributed by atoms with van der Waals surface area (Å²) >= 11 is 3.82. The lowest BCUT2D eigenvalue weighted by Crippen LogP contribution is -2.23. The molecule has 1 aromatic rings. The van der Waals surface area contributed by atoms with Crippen LogP contribution in [0.4, 0.5) is 0 Å². The summed E-state index contributed by atoms with van der Waals surface area (Å²) in [5.41, 5.74) is 0. The van der Waals surface area contributed by atoms with E-state index >= 15 is 0 Å². The zero-order chi connectivity index (χ0) is 10.2. The lowest BCUT2D eigenvalue weighted by Gasteiger charge is -2.06. The van der Waals surface area contributed by atoms with Crippen molar-refractivity contribution in [3.63, 3.8) is 0 Å². The number of unbranched alkanes of at least 4 members (excludes halogenated alkanes) is 1. The first kappa shape index (κ1) is 12.1. The third-order valence-corrected chi connectivity index (χ3v) is 4.08. The molecule has 80 valence electrons. The predicted molar refractivity (Wildman–Crippen MR) is 67.4 cm³/mol. The SMILES string of the molecule is CC(C)NCCCCSc1cccs1. The summed E-state index contributed by atoms with van der Waals surface area (Å²) < 4.78 is 1.45. The van der Waals surface area contributed by atoms with Crippen molar-refractivity contribution in [1.82, 2.24) is 5.32 Å². The minimum Gasteiger partial charge on any atom is -0.315 e. The van der Waals surface area contributed by atoms with Crippen LogP contribution in [0.1, 0.15) is 26.7 Å². The summed E-state index contributed by atoms with van der Waals surface area (Å²) in [4.78, 5) is 0. The monoisotopic (exact) mass is 229 g/mol. The van der Waals surface area contributed by atoms with E-state index in [0.717, 1.165) is 6.54 Å². The third kappa shape index (κ3) is 5.68. The average molecular weight is 229 g/mol. The third-order valence-electron chi connectivity index (χ3n) is 1.86.